The number of aromatic nitrogens is 1. The summed E-state index contributed by atoms with van der Waals surface area (Å²) in [7, 11) is 0. The molecule has 1 atom stereocenters. The van der Waals surface area contributed by atoms with Crippen molar-refractivity contribution in [1.29, 1.82) is 0 Å². The van der Waals surface area contributed by atoms with Crippen LogP contribution in [0.1, 0.15) is 50.2 Å². The molecule has 0 bridgehead atoms. The highest BCUT2D eigenvalue weighted by Gasteiger charge is 2.30. The number of piperazine rings is 1. The van der Waals surface area contributed by atoms with Crippen LogP contribution in [0.25, 0.3) is 0 Å². The summed E-state index contributed by atoms with van der Waals surface area (Å²) in [6, 6.07) is -0.0146. The van der Waals surface area contributed by atoms with Crippen molar-refractivity contribution in [3.05, 3.63) is 16.1 Å². The number of nitrogens with one attached hydrogen (secondary N) is 1. The van der Waals surface area contributed by atoms with Gasteiger partial charge in [-0.25, -0.2) is 4.98 Å². The Hall–Kier alpha value is -1.67. The van der Waals surface area contributed by atoms with Crippen molar-refractivity contribution < 1.29 is 4.79 Å². The third-order valence-corrected chi connectivity index (χ3v) is 7.02. The molecule has 0 saturated carbocycles. The standard InChI is InChI=1S/C22H38N6OS/c1-4-23-22(24-10-6-5-9-20-25-18(2)17-30-20)28-15-13-26(14-16-28)19(3)21(29)27-11-7-8-12-27/h17,19H,4-16H2,1-3H3,(H,23,24). The highest BCUT2D eigenvalue weighted by atomic mass is 32.1. The molecule has 2 aliphatic rings. The number of thiazole rings is 1. The lowest BCUT2D eigenvalue weighted by Crippen LogP contribution is -2.57. The molecule has 0 radical (unpaired) electrons. The number of unbranched alkanes of at least 4 members (excludes halogenated alkanes) is 1. The number of aliphatic imine (C=N–C) groups is 1. The summed E-state index contributed by atoms with van der Waals surface area (Å²) in [4.78, 5) is 28.8. The Labute approximate surface area is 185 Å². The summed E-state index contributed by atoms with van der Waals surface area (Å²) in [5, 5.41) is 6.80. The molecule has 3 rings (SSSR count). The number of likely N-dealkylation sites (tertiary alicyclic amines) is 1. The zero-order chi connectivity index (χ0) is 21.3. The molecule has 2 fully saturated rings. The molecule has 0 aromatic carbocycles. The average molecular weight is 435 g/mol. The first kappa shape index (κ1) is 23.0. The van der Waals surface area contributed by atoms with Gasteiger partial charge >= 0.3 is 0 Å². The zero-order valence-electron chi connectivity index (χ0n) is 18.9. The fraction of sp³-hybridized carbons (Fsp3) is 0.773. The van der Waals surface area contributed by atoms with Crippen LogP contribution in [0.15, 0.2) is 10.4 Å². The second-order valence-electron chi connectivity index (χ2n) is 8.31. The van der Waals surface area contributed by atoms with Gasteiger partial charge in [0.15, 0.2) is 5.96 Å². The lowest BCUT2D eigenvalue weighted by Gasteiger charge is -2.39. The van der Waals surface area contributed by atoms with E-state index in [9.17, 15) is 4.79 Å². The van der Waals surface area contributed by atoms with E-state index < -0.39 is 0 Å². The number of carbonyl (C=O) groups is 1. The number of amides is 1. The third-order valence-electron chi connectivity index (χ3n) is 6.00. The maximum absolute atomic E-state index is 12.7. The monoisotopic (exact) mass is 434 g/mol. The van der Waals surface area contributed by atoms with E-state index in [1.54, 1.807) is 11.3 Å². The normalized spacial score (nSPS) is 19.4. The van der Waals surface area contributed by atoms with E-state index in [0.29, 0.717) is 5.91 Å². The van der Waals surface area contributed by atoms with Crippen molar-refractivity contribution >= 4 is 23.2 Å². The van der Waals surface area contributed by atoms with Gasteiger partial charge in [-0.15, -0.1) is 11.3 Å². The van der Waals surface area contributed by atoms with Crippen LogP contribution in [0.2, 0.25) is 0 Å². The molecule has 1 unspecified atom stereocenters. The Morgan fingerprint density at radius 2 is 1.90 bits per heavy atom. The van der Waals surface area contributed by atoms with Crippen LogP contribution in [0.4, 0.5) is 0 Å². The molecule has 1 amide bonds. The molecule has 7 nitrogen and oxygen atoms in total. The minimum absolute atomic E-state index is 0.0146. The molecule has 2 aliphatic heterocycles. The third kappa shape index (κ3) is 6.41. The maximum Gasteiger partial charge on any atom is 0.239 e. The Bertz CT molecular complexity index is 692. The van der Waals surface area contributed by atoms with Crippen LogP contribution >= 0.6 is 11.3 Å². The van der Waals surface area contributed by atoms with E-state index in [1.165, 1.54) is 5.01 Å². The highest BCUT2D eigenvalue weighted by molar-refractivity contribution is 7.09. The van der Waals surface area contributed by atoms with Gasteiger partial charge in [0.25, 0.3) is 0 Å². The Morgan fingerprint density at radius 3 is 2.53 bits per heavy atom. The smallest absolute Gasteiger partial charge is 0.239 e. The van der Waals surface area contributed by atoms with Gasteiger partial charge in [-0.3, -0.25) is 14.7 Å². The lowest BCUT2D eigenvalue weighted by atomic mass is 10.2. The Kier molecular flexibility index (Phi) is 8.93. The van der Waals surface area contributed by atoms with Gasteiger partial charge in [-0.05, 0) is 52.9 Å². The second-order valence-corrected chi connectivity index (χ2v) is 9.25. The quantitative estimate of drug-likeness (QED) is 0.387. The predicted molar refractivity (Wildman–Crippen MR) is 124 cm³/mol. The first-order valence-corrected chi connectivity index (χ1v) is 12.4. The number of nitrogens with zero attached hydrogens (tertiary/aromatic N) is 5. The fourth-order valence-corrected chi connectivity index (χ4v) is 5.01. The molecule has 1 aromatic heterocycles. The van der Waals surface area contributed by atoms with Crippen LogP contribution in [0.5, 0.6) is 0 Å². The number of carbonyl (C=O) groups excluding carboxylic acids is 1. The van der Waals surface area contributed by atoms with Gasteiger partial charge in [0.05, 0.1) is 11.0 Å². The van der Waals surface area contributed by atoms with E-state index in [-0.39, 0.29) is 6.04 Å². The van der Waals surface area contributed by atoms with Crippen LogP contribution in [-0.2, 0) is 11.2 Å². The molecule has 30 heavy (non-hydrogen) atoms. The molecule has 0 aliphatic carbocycles. The summed E-state index contributed by atoms with van der Waals surface area (Å²) < 4.78 is 0. The van der Waals surface area contributed by atoms with Gasteiger partial charge < -0.3 is 15.1 Å². The number of hydrogen-bond acceptors (Lipinski definition) is 5. The van der Waals surface area contributed by atoms with E-state index in [0.717, 1.165) is 96.1 Å². The topological polar surface area (TPSA) is 64.1 Å². The molecule has 2 saturated heterocycles. The van der Waals surface area contributed by atoms with Gasteiger partial charge in [-0.2, -0.15) is 0 Å². The summed E-state index contributed by atoms with van der Waals surface area (Å²) in [5.74, 6) is 1.32. The largest absolute Gasteiger partial charge is 0.357 e. The van der Waals surface area contributed by atoms with Crippen molar-refractivity contribution in [2.75, 3.05) is 52.4 Å². The van der Waals surface area contributed by atoms with Crippen molar-refractivity contribution in [2.24, 2.45) is 4.99 Å². The highest BCUT2D eigenvalue weighted by Crippen LogP contribution is 2.14. The molecular weight excluding hydrogens is 396 g/mol. The molecular formula is C22H38N6OS. The maximum atomic E-state index is 12.7. The molecule has 3 heterocycles. The first-order chi connectivity index (χ1) is 14.6. The number of aryl methyl sites for hydroxylation is 2. The summed E-state index contributed by atoms with van der Waals surface area (Å²) >= 11 is 1.76. The van der Waals surface area contributed by atoms with Crippen molar-refractivity contribution in [2.45, 2.75) is 58.9 Å². The van der Waals surface area contributed by atoms with Crippen LogP contribution < -0.4 is 5.32 Å². The average Bonchev–Trinajstić information content (AvgIpc) is 3.44. The molecule has 0 spiro atoms. The minimum atomic E-state index is -0.0146. The van der Waals surface area contributed by atoms with Gasteiger partial charge in [0.1, 0.15) is 0 Å². The second kappa shape index (κ2) is 11.6. The van der Waals surface area contributed by atoms with Gasteiger partial charge in [-0.1, -0.05) is 0 Å². The van der Waals surface area contributed by atoms with Crippen LogP contribution in [0, 0.1) is 6.92 Å². The zero-order valence-corrected chi connectivity index (χ0v) is 19.7. The molecule has 1 N–H and O–H groups in total. The molecule has 8 heteroatoms. The van der Waals surface area contributed by atoms with E-state index >= 15 is 0 Å². The molecule has 1 aromatic rings. The van der Waals surface area contributed by atoms with Gasteiger partial charge in [0.2, 0.25) is 5.91 Å². The summed E-state index contributed by atoms with van der Waals surface area (Å²) in [6.07, 6.45) is 5.55. The number of guanidine groups is 1. The van der Waals surface area contributed by atoms with E-state index in [1.807, 2.05) is 4.90 Å². The summed E-state index contributed by atoms with van der Waals surface area (Å²) in [5.41, 5.74) is 1.12. The predicted octanol–water partition coefficient (Wildman–Crippen LogP) is 2.37. The van der Waals surface area contributed by atoms with Crippen molar-refractivity contribution in [1.82, 2.24) is 25.0 Å². The SMILES string of the molecule is CCNC(=NCCCCc1nc(C)cs1)N1CCN(C(C)C(=O)N2CCCC2)CC1. The Balaban J connectivity index is 1.42. The lowest BCUT2D eigenvalue weighted by molar-refractivity contribution is -0.135. The van der Waals surface area contributed by atoms with Crippen LogP contribution in [0.3, 0.4) is 0 Å². The van der Waals surface area contributed by atoms with Gasteiger partial charge in [0, 0.05) is 63.4 Å². The van der Waals surface area contributed by atoms with Crippen LogP contribution in [-0.4, -0.2) is 90.0 Å². The van der Waals surface area contributed by atoms with E-state index in [2.05, 4.69) is 46.3 Å². The van der Waals surface area contributed by atoms with Crippen molar-refractivity contribution in [3.63, 3.8) is 0 Å². The first-order valence-electron chi connectivity index (χ1n) is 11.6. The number of rotatable bonds is 8. The minimum Gasteiger partial charge on any atom is -0.357 e. The molecule has 168 valence electrons. The summed E-state index contributed by atoms with van der Waals surface area (Å²) in [6.45, 7) is 13.5. The van der Waals surface area contributed by atoms with Crippen molar-refractivity contribution in [3.8, 4) is 0 Å². The number of hydrogen-bond donors (Lipinski definition) is 1. The Morgan fingerprint density at radius 1 is 1.17 bits per heavy atom. The van der Waals surface area contributed by atoms with E-state index in [4.69, 9.17) is 4.99 Å². The fourth-order valence-electron chi connectivity index (χ4n) is 4.20.